The third kappa shape index (κ3) is 3.75. The van der Waals surface area contributed by atoms with Crippen molar-refractivity contribution in [2.24, 2.45) is 5.92 Å². The van der Waals surface area contributed by atoms with Crippen molar-refractivity contribution in [1.82, 2.24) is 4.90 Å². The molecule has 1 aromatic rings. The Kier molecular flexibility index (Phi) is 5.46. The standard InChI is InChI=1S/C15H22N2O2S/c1-11(17-8-7-12(9-17)10-18)15(19)16-13-3-5-14(20-2)6-4-13/h3-6,11-12,18H,7-10H2,1-2H3,(H,16,19). The Balaban J connectivity index is 1.90. The molecule has 2 rings (SSSR count). The fraction of sp³-hybridized carbons (Fsp3) is 0.533. The largest absolute Gasteiger partial charge is 0.396 e. The van der Waals surface area contributed by atoms with E-state index < -0.39 is 0 Å². The first-order chi connectivity index (χ1) is 9.63. The van der Waals surface area contributed by atoms with Gasteiger partial charge in [0, 0.05) is 23.7 Å². The number of likely N-dealkylation sites (tertiary alicyclic amines) is 1. The van der Waals surface area contributed by atoms with Gasteiger partial charge in [-0.25, -0.2) is 0 Å². The number of nitrogens with zero attached hydrogens (tertiary/aromatic N) is 1. The van der Waals surface area contributed by atoms with Gasteiger partial charge in [0.1, 0.15) is 0 Å². The van der Waals surface area contributed by atoms with E-state index in [1.54, 1.807) is 11.8 Å². The molecule has 2 unspecified atom stereocenters. The number of thioether (sulfide) groups is 1. The van der Waals surface area contributed by atoms with Crippen LogP contribution >= 0.6 is 11.8 Å². The lowest BCUT2D eigenvalue weighted by Crippen LogP contribution is -2.40. The molecule has 110 valence electrons. The summed E-state index contributed by atoms with van der Waals surface area (Å²) in [6.45, 7) is 3.81. The summed E-state index contributed by atoms with van der Waals surface area (Å²) in [4.78, 5) is 15.5. The van der Waals surface area contributed by atoms with E-state index in [4.69, 9.17) is 5.11 Å². The molecule has 0 spiro atoms. The Labute approximate surface area is 124 Å². The average molecular weight is 294 g/mol. The summed E-state index contributed by atoms with van der Waals surface area (Å²) < 4.78 is 0. The van der Waals surface area contributed by atoms with E-state index in [0.29, 0.717) is 5.92 Å². The number of carbonyl (C=O) groups excluding carboxylic acids is 1. The maximum atomic E-state index is 12.2. The van der Waals surface area contributed by atoms with Gasteiger partial charge in [0.05, 0.1) is 6.04 Å². The van der Waals surface area contributed by atoms with Crippen molar-refractivity contribution in [3.63, 3.8) is 0 Å². The Morgan fingerprint density at radius 2 is 2.20 bits per heavy atom. The molecule has 1 fully saturated rings. The molecule has 0 bridgehead atoms. The summed E-state index contributed by atoms with van der Waals surface area (Å²) in [6, 6.07) is 7.70. The zero-order chi connectivity index (χ0) is 14.5. The zero-order valence-electron chi connectivity index (χ0n) is 12.0. The van der Waals surface area contributed by atoms with Gasteiger partial charge in [0.25, 0.3) is 0 Å². The summed E-state index contributed by atoms with van der Waals surface area (Å²) in [5.74, 6) is 0.326. The van der Waals surface area contributed by atoms with E-state index in [9.17, 15) is 4.79 Å². The van der Waals surface area contributed by atoms with Gasteiger partial charge in [-0.15, -0.1) is 11.8 Å². The Morgan fingerprint density at radius 3 is 2.75 bits per heavy atom. The van der Waals surface area contributed by atoms with E-state index in [-0.39, 0.29) is 18.6 Å². The van der Waals surface area contributed by atoms with Gasteiger partial charge >= 0.3 is 0 Å². The molecule has 1 aliphatic heterocycles. The molecule has 20 heavy (non-hydrogen) atoms. The monoisotopic (exact) mass is 294 g/mol. The highest BCUT2D eigenvalue weighted by atomic mass is 32.2. The summed E-state index contributed by atoms with van der Waals surface area (Å²) in [6.07, 6.45) is 3.00. The molecule has 4 nitrogen and oxygen atoms in total. The second-order valence-corrected chi connectivity index (χ2v) is 6.11. The van der Waals surface area contributed by atoms with Crippen LogP contribution in [0.25, 0.3) is 0 Å². The predicted molar refractivity (Wildman–Crippen MR) is 83.1 cm³/mol. The summed E-state index contributed by atoms with van der Waals surface area (Å²) in [5.41, 5.74) is 0.831. The van der Waals surface area contributed by atoms with E-state index in [1.165, 1.54) is 4.90 Å². The Bertz CT molecular complexity index is 450. The molecule has 1 aliphatic rings. The third-order valence-corrected chi connectivity index (χ3v) is 4.60. The summed E-state index contributed by atoms with van der Waals surface area (Å²) >= 11 is 1.68. The van der Waals surface area contributed by atoms with Crippen molar-refractivity contribution in [3.8, 4) is 0 Å². The summed E-state index contributed by atoms with van der Waals surface area (Å²) in [7, 11) is 0. The molecule has 1 aromatic carbocycles. The van der Waals surface area contributed by atoms with Crippen LogP contribution < -0.4 is 5.32 Å². The molecule has 2 atom stereocenters. The lowest BCUT2D eigenvalue weighted by Gasteiger charge is -2.23. The highest BCUT2D eigenvalue weighted by molar-refractivity contribution is 7.98. The quantitative estimate of drug-likeness (QED) is 0.816. The van der Waals surface area contributed by atoms with Crippen molar-refractivity contribution in [3.05, 3.63) is 24.3 Å². The fourth-order valence-electron chi connectivity index (χ4n) is 2.45. The van der Waals surface area contributed by atoms with E-state index in [2.05, 4.69) is 10.2 Å². The maximum absolute atomic E-state index is 12.2. The lowest BCUT2D eigenvalue weighted by atomic mass is 10.1. The molecule has 0 radical (unpaired) electrons. The lowest BCUT2D eigenvalue weighted by molar-refractivity contribution is -0.120. The summed E-state index contributed by atoms with van der Waals surface area (Å²) in [5, 5.41) is 12.1. The van der Waals surface area contributed by atoms with E-state index in [0.717, 1.165) is 25.2 Å². The number of hydrogen-bond donors (Lipinski definition) is 2. The smallest absolute Gasteiger partial charge is 0.241 e. The Morgan fingerprint density at radius 1 is 1.50 bits per heavy atom. The van der Waals surface area contributed by atoms with Gasteiger partial charge in [-0.1, -0.05) is 0 Å². The number of hydrogen-bond acceptors (Lipinski definition) is 4. The van der Waals surface area contributed by atoms with Gasteiger partial charge in [-0.3, -0.25) is 9.69 Å². The van der Waals surface area contributed by atoms with Crippen LogP contribution in [0.3, 0.4) is 0 Å². The molecule has 0 aliphatic carbocycles. The number of anilines is 1. The van der Waals surface area contributed by atoms with Crippen LogP contribution in [0, 0.1) is 5.92 Å². The molecule has 2 N–H and O–H groups in total. The normalized spacial score (nSPS) is 20.9. The van der Waals surface area contributed by atoms with Crippen molar-refractivity contribution in [2.75, 3.05) is 31.3 Å². The van der Waals surface area contributed by atoms with E-state index >= 15 is 0 Å². The van der Waals surface area contributed by atoms with Gasteiger partial charge < -0.3 is 10.4 Å². The van der Waals surface area contributed by atoms with Gasteiger partial charge in [0.15, 0.2) is 0 Å². The molecule has 5 heteroatoms. The van der Waals surface area contributed by atoms with Crippen molar-refractivity contribution in [2.45, 2.75) is 24.3 Å². The van der Waals surface area contributed by atoms with Crippen LogP contribution in [0.1, 0.15) is 13.3 Å². The average Bonchev–Trinajstić information content (AvgIpc) is 2.96. The minimum Gasteiger partial charge on any atom is -0.396 e. The van der Waals surface area contributed by atoms with Crippen molar-refractivity contribution >= 4 is 23.4 Å². The minimum absolute atomic E-state index is 0.0143. The van der Waals surface area contributed by atoms with Crippen LogP contribution in [0.15, 0.2) is 29.2 Å². The highest BCUT2D eigenvalue weighted by Crippen LogP contribution is 2.20. The molecular formula is C15H22N2O2S. The fourth-order valence-corrected chi connectivity index (χ4v) is 2.86. The number of benzene rings is 1. The third-order valence-electron chi connectivity index (χ3n) is 3.86. The number of nitrogens with one attached hydrogen (secondary N) is 1. The first-order valence-electron chi connectivity index (χ1n) is 6.94. The van der Waals surface area contributed by atoms with E-state index in [1.807, 2.05) is 37.4 Å². The SMILES string of the molecule is CSc1ccc(NC(=O)C(C)N2CCC(CO)C2)cc1. The minimum atomic E-state index is -0.160. The Hall–Kier alpha value is -1.04. The van der Waals surface area contributed by atoms with Crippen LogP contribution in [-0.2, 0) is 4.79 Å². The zero-order valence-corrected chi connectivity index (χ0v) is 12.8. The van der Waals surface area contributed by atoms with Crippen LogP contribution in [0.4, 0.5) is 5.69 Å². The number of carbonyl (C=O) groups is 1. The number of aliphatic hydroxyl groups is 1. The topological polar surface area (TPSA) is 52.6 Å². The molecule has 0 aromatic heterocycles. The molecule has 1 heterocycles. The number of rotatable bonds is 5. The van der Waals surface area contributed by atoms with Gasteiger partial charge in [-0.05, 0) is 56.3 Å². The maximum Gasteiger partial charge on any atom is 0.241 e. The van der Waals surface area contributed by atoms with Crippen LogP contribution in [0.5, 0.6) is 0 Å². The second-order valence-electron chi connectivity index (χ2n) is 5.23. The second kappa shape index (κ2) is 7.11. The molecular weight excluding hydrogens is 272 g/mol. The van der Waals surface area contributed by atoms with Crippen LogP contribution in [0.2, 0.25) is 0 Å². The number of amides is 1. The molecule has 1 saturated heterocycles. The van der Waals surface area contributed by atoms with Crippen molar-refractivity contribution in [1.29, 1.82) is 0 Å². The highest BCUT2D eigenvalue weighted by Gasteiger charge is 2.29. The first-order valence-corrected chi connectivity index (χ1v) is 8.16. The van der Waals surface area contributed by atoms with Crippen LogP contribution in [-0.4, -0.2) is 47.9 Å². The van der Waals surface area contributed by atoms with Gasteiger partial charge in [0.2, 0.25) is 5.91 Å². The molecule has 1 amide bonds. The predicted octanol–water partition coefficient (Wildman–Crippen LogP) is 2.05. The van der Waals surface area contributed by atoms with Crippen molar-refractivity contribution < 1.29 is 9.90 Å². The number of aliphatic hydroxyl groups excluding tert-OH is 1. The van der Waals surface area contributed by atoms with Gasteiger partial charge in [-0.2, -0.15) is 0 Å². The first kappa shape index (κ1) is 15.4. The molecule has 0 saturated carbocycles.